The lowest BCUT2D eigenvalue weighted by atomic mass is 10.2. The van der Waals surface area contributed by atoms with E-state index in [0.29, 0.717) is 31.7 Å². The SMILES string of the molecule is CN(C)c1nccc(C2CN(C(=O)c3cccn3C3CC3)CCO2)n1. The lowest BCUT2D eigenvalue weighted by Gasteiger charge is -2.33. The van der Waals surface area contributed by atoms with Crippen molar-refractivity contribution >= 4 is 11.9 Å². The fourth-order valence-electron chi connectivity index (χ4n) is 3.18. The van der Waals surface area contributed by atoms with Crippen molar-refractivity contribution in [2.75, 3.05) is 38.7 Å². The van der Waals surface area contributed by atoms with Crippen molar-refractivity contribution in [3.8, 4) is 0 Å². The number of anilines is 1. The van der Waals surface area contributed by atoms with Crippen LogP contribution in [0.3, 0.4) is 0 Å². The van der Waals surface area contributed by atoms with Crippen LogP contribution in [0.25, 0.3) is 0 Å². The first-order valence-corrected chi connectivity index (χ1v) is 8.71. The molecular weight excluding hydrogens is 318 g/mol. The molecule has 0 radical (unpaired) electrons. The number of hydrogen-bond acceptors (Lipinski definition) is 5. The second kappa shape index (κ2) is 6.48. The first-order chi connectivity index (χ1) is 12.1. The van der Waals surface area contributed by atoms with Crippen molar-refractivity contribution in [3.63, 3.8) is 0 Å². The molecule has 1 aliphatic heterocycles. The average molecular weight is 341 g/mol. The molecule has 132 valence electrons. The smallest absolute Gasteiger partial charge is 0.270 e. The second-order valence-corrected chi connectivity index (χ2v) is 6.82. The zero-order valence-corrected chi connectivity index (χ0v) is 14.6. The van der Waals surface area contributed by atoms with Crippen molar-refractivity contribution in [3.05, 3.63) is 42.0 Å². The molecule has 1 atom stereocenters. The third-order valence-corrected chi connectivity index (χ3v) is 4.69. The molecule has 25 heavy (non-hydrogen) atoms. The monoisotopic (exact) mass is 341 g/mol. The Labute approximate surface area is 147 Å². The molecule has 0 N–H and O–H groups in total. The van der Waals surface area contributed by atoms with Crippen LogP contribution in [0.4, 0.5) is 5.95 Å². The van der Waals surface area contributed by atoms with Crippen LogP contribution in [0.1, 0.15) is 41.2 Å². The summed E-state index contributed by atoms with van der Waals surface area (Å²) >= 11 is 0. The van der Waals surface area contributed by atoms with E-state index >= 15 is 0 Å². The van der Waals surface area contributed by atoms with Crippen molar-refractivity contribution in [1.82, 2.24) is 19.4 Å². The maximum atomic E-state index is 13.0. The van der Waals surface area contributed by atoms with Gasteiger partial charge in [0.25, 0.3) is 5.91 Å². The van der Waals surface area contributed by atoms with Gasteiger partial charge >= 0.3 is 0 Å². The zero-order valence-electron chi connectivity index (χ0n) is 14.6. The molecule has 3 heterocycles. The Hall–Kier alpha value is -2.41. The predicted molar refractivity (Wildman–Crippen MR) is 93.7 cm³/mol. The van der Waals surface area contributed by atoms with Crippen LogP contribution in [0, 0.1) is 0 Å². The molecule has 1 aliphatic carbocycles. The number of morpholine rings is 1. The summed E-state index contributed by atoms with van der Waals surface area (Å²) in [5, 5.41) is 0. The molecule has 7 heteroatoms. The van der Waals surface area contributed by atoms with Crippen LogP contribution < -0.4 is 4.90 Å². The van der Waals surface area contributed by atoms with E-state index in [0.717, 1.165) is 24.2 Å². The predicted octanol–water partition coefficient (Wildman–Crippen LogP) is 1.89. The van der Waals surface area contributed by atoms with E-state index in [2.05, 4.69) is 14.5 Å². The minimum absolute atomic E-state index is 0.0760. The van der Waals surface area contributed by atoms with Gasteiger partial charge in [0, 0.05) is 39.1 Å². The fraction of sp³-hybridized carbons (Fsp3) is 0.500. The van der Waals surface area contributed by atoms with E-state index in [1.165, 1.54) is 0 Å². The number of hydrogen-bond donors (Lipinski definition) is 0. The van der Waals surface area contributed by atoms with Gasteiger partial charge in [-0.05, 0) is 31.0 Å². The average Bonchev–Trinajstić information content (AvgIpc) is 3.38. The molecule has 1 amide bonds. The maximum Gasteiger partial charge on any atom is 0.270 e. The topological polar surface area (TPSA) is 63.5 Å². The molecule has 0 bridgehead atoms. The lowest BCUT2D eigenvalue weighted by molar-refractivity contribution is -0.0250. The first kappa shape index (κ1) is 16.1. The summed E-state index contributed by atoms with van der Waals surface area (Å²) in [7, 11) is 3.81. The molecule has 2 fully saturated rings. The van der Waals surface area contributed by atoms with Gasteiger partial charge in [0.1, 0.15) is 11.8 Å². The number of carbonyl (C=O) groups excluding carboxylic acids is 1. The lowest BCUT2D eigenvalue weighted by Crippen LogP contribution is -2.43. The van der Waals surface area contributed by atoms with Gasteiger partial charge in [-0.3, -0.25) is 4.79 Å². The Kier molecular flexibility index (Phi) is 4.17. The molecule has 2 aromatic rings. The molecule has 1 saturated carbocycles. The van der Waals surface area contributed by atoms with Crippen molar-refractivity contribution in [2.24, 2.45) is 0 Å². The summed E-state index contributed by atoms with van der Waals surface area (Å²) in [5.74, 6) is 0.722. The molecule has 2 aliphatic rings. The number of aromatic nitrogens is 3. The Morgan fingerprint density at radius 3 is 2.92 bits per heavy atom. The molecular formula is C18H23N5O2. The molecule has 0 spiro atoms. The molecule has 1 unspecified atom stereocenters. The van der Waals surface area contributed by atoms with E-state index < -0.39 is 0 Å². The van der Waals surface area contributed by atoms with E-state index in [4.69, 9.17) is 4.74 Å². The highest BCUT2D eigenvalue weighted by atomic mass is 16.5. The molecule has 0 aromatic carbocycles. The zero-order chi connectivity index (χ0) is 17.4. The Balaban J connectivity index is 1.51. The van der Waals surface area contributed by atoms with Crippen LogP contribution >= 0.6 is 0 Å². The van der Waals surface area contributed by atoms with Gasteiger partial charge in [-0.2, -0.15) is 0 Å². The second-order valence-electron chi connectivity index (χ2n) is 6.82. The largest absolute Gasteiger partial charge is 0.368 e. The van der Waals surface area contributed by atoms with Gasteiger partial charge in [-0.25, -0.2) is 9.97 Å². The van der Waals surface area contributed by atoms with Gasteiger partial charge in [0.15, 0.2) is 0 Å². The third kappa shape index (κ3) is 3.24. The highest BCUT2D eigenvalue weighted by Gasteiger charge is 2.31. The van der Waals surface area contributed by atoms with Crippen LogP contribution in [-0.4, -0.2) is 59.1 Å². The summed E-state index contributed by atoms with van der Waals surface area (Å²) in [6.07, 6.45) is 5.85. The molecule has 4 rings (SSSR count). The summed E-state index contributed by atoms with van der Waals surface area (Å²) < 4.78 is 7.99. The molecule has 2 aromatic heterocycles. The van der Waals surface area contributed by atoms with Crippen LogP contribution in [0.5, 0.6) is 0 Å². The normalized spacial score (nSPS) is 20.6. The number of carbonyl (C=O) groups is 1. The quantitative estimate of drug-likeness (QED) is 0.850. The summed E-state index contributed by atoms with van der Waals surface area (Å²) in [6.45, 7) is 1.64. The minimum atomic E-state index is -0.219. The van der Waals surface area contributed by atoms with E-state index in [9.17, 15) is 4.79 Å². The summed E-state index contributed by atoms with van der Waals surface area (Å²) in [4.78, 5) is 25.5. The Bertz CT molecular complexity index is 768. The van der Waals surface area contributed by atoms with Crippen molar-refractivity contribution in [1.29, 1.82) is 0 Å². The van der Waals surface area contributed by atoms with E-state index in [-0.39, 0.29) is 12.0 Å². The minimum Gasteiger partial charge on any atom is -0.368 e. The molecule has 7 nitrogen and oxygen atoms in total. The van der Waals surface area contributed by atoms with Crippen LogP contribution in [0.15, 0.2) is 30.6 Å². The van der Waals surface area contributed by atoms with E-state index in [1.807, 2.05) is 48.3 Å². The number of amides is 1. The number of nitrogens with zero attached hydrogens (tertiary/aromatic N) is 5. The highest BCUT2D eigenvalue weighted by Crippen LogP contribution is 2.36. The fourth-order valence-corrected chi connectivity index (χ4v) is 3.18. The van der Waals surface area contributed by atoms with Crippen molar-refractivity contribution < 1.29 is 9.53 Å². The summed E-state index contributed by atoms with van der Waals surface area (Å²) in [5.41, 5.74) is 1.59. The Morgan fingerprint density at radius 2 is 2.16 bits per heavy atom. The highest BCUT2D eigenvalue weighted by molar-refractivity contribution is 5.93. The maximum absolute atomic E-state index is 13.0. The van der Waals surface area contributed by atoms with E-state index in [1.54, 1.807) is 6.20 Å². The number of rotatable bonds is 4. The standard InChI is InChI=1S/C18H23N5O2/c1-21(2)18-19-8-7-14(20-18)16-12-22(10-11-25-16)17(24)15-4-3-9-23(15)13-5-6-13/h3-4,7-9,13,16H,5-6,10-12H2,1-2H3. The van der Waals surface area contributed by atoms with Gasteiger partial charge in [0.2, 0.25) is 5.95 Å². The van der Waals surface area contributed by atoms with Gasteiger partial charge in [0.05, 0.1) is 18.8 Å². The van der Waals surface area contributed by atoms with Gasteiger partial charge in [-0.1, -0.05) is 0 Å². The molecule has 1 saturated heterocycles. The third-order valence-electron chi connectivity index (χ3n) is 4.69. The van der Waals surface area contributed by atoms with Crippen LogP contribution in [0.2, 0.25) is 0 Å². The van der Waals surface area contributed by atoms with Gasteiger partial charge in [-0.15, -0.1) is 0 Å². The Morgan fingerprint density at radius 1 is 1.32 bits per heavy atom. The number of ether oxygens (including phenoxy) is 1. The van der Waals surface area contributed by atoms with Crippen LogP contribution in [-0.2, 0) is 4.74 Å². The first-order valence-electron chi connectivity index (χ1n) is 8.71. The van der Waals surface area contributed by atoms with Gasteiger partial charge < -0.3 is 19.1 Å². The van der Waals surface area contributed by atoms with Crippen molar-refractivity contribution in [2.45, 2.75) is 25.0 Å². The summed E-state index contributed by atoms with van der Waals surface area (Å²) in [6, 6.07) is 6.23.